The van der Waals surface area contributed by atoms with Crippen molar-refractivity contribution in [3.05, 3.63) is 34.6 Å². The first-order valence-corrected chi connectivity index (χ1v) is 4.99. The molecule has 1 unspecified atom stereocenters. The average Bonchev–Trinajstić information content (AvgIpc) is 2.28. The second-order valence-electron chi connectivity index (χ2n) is 3.24. The Morgan fingerprint density at radius 3 is 2.65 bits per heavy atom. The summed E-state index contributed by atoms with van der Waals surface area (Å²) in [6, 6.07) is 3.30. The zero-order valence-electron chi connectivity index (χ0n) is 8.46. The van der Waals surface area contributed by atoms with Crippen molar-refractivity contribution in [1.82, 2.24) is 5.32 Å². The van der Waals surface area contributed by atoms with E-state index in [4.69, 9.17) is 16.7 Å². The summed E-state index contributed by atoms with van der Waals surface area (Å²) in [6.45, 7) is -0.610. The van der Waals surface area contributed by atoms with E-state index in [9.17, 15) is 18.0 Å². The summed E-state index contributed by atoms with van der Waals surface area (Å²) in [5, 5.41) is 10.7. The largest absolute Gasteiger partial charge is 0.385 e. The van der Waals surface area contributed by atoms with Crippen LogP contribution in [0, 0.1) is 5.82 Å². The zero-order valence-corrected chi connectivity index (χ0v) is 9.22. The lowest BCUT2D eigenvalue weighted by atomic mass is 10.2. The van der Waals surface area contributed by atoms with Crippen LogP contribution in [0.5, 0.6) is 0 Å². The molecule has 2 N–H and O–H groups in total. The molecular formula is C10H9ClF3NO2. The molecule has 0 aromatic heterocycles. The van der Waals surface area contributed by atoms with Gasteiger partial charge in [-0.3, -0.25) is 4.79 Å². The Morgan fingerprint density at radius 2 is 2.12 bits per heavy atom. The number of rotatable bonds is 4. The highest BCUT2D eigenvalue weighted by molar-refractivity contribution is 6.30. The molecule has 0 aliphatic heterocycles. The normalized spacial score (nSPS) is 12.6. The summed E-state index contributed by atoms with van der Waals surface area (Å²) in [5.41, 5.74) is -0.0617. The minimum atomic E-state index is -2.95. The molecule has 0 radical (unpaired) electrons. The number of alkyl halides is 2. The van der Waals surface area contributed by atoms with Gasteiger partial charge in [0.25, 0.3) is 12.3 Å². The third-order valence-corrected chi connectivity index (χ3v) is 2.25. The maximum Gasteiger partial charge on any atom is 0.265 e. The first-order valence-electron chi connectivity index (χ1n) is 4.61. The van der Waals surface area contributed by atoms with E-state index >= 15 is 0 Å². The van der Waals surface area contributed by atoms with E-state index in [1.807, 2.05) is 5.32 Å². The van der Waals surface area contributed by atoms with Gasteiger partial charge >= 0.3 is 0 Å². The number of aliphatic hydroxyl groups is 1. The van der Waals surface area contributed by atoms with Gasteiger partial charge in [-0.1, -0.05) is 11.6 Å². The Labute approximate surface area is 100 Å². The van der Waals surface area contributed by atoms with Crippen molar-refractivity contribution in [2.45, 2.75) is 12.5 Å². The molecule has 1 rings (SSSR count). The fourth-order valence-electron chi connectivity index (χ4n) is 1.03. The quantitative estimate of drug-likeness (QED) is 0.874. The number of carbonyl (C=O) groups excluding carboxylic acids is 1. The molecule has 1 aromatic rings. The van der Waals surface area contributed by atoms with Crippen LogP contribution in [-0.2, 0) is 0 Å². The van der Waals surface area contributed by atoms with E-state index in [0.29, 0.717) is 0 Å². The van der Waals surface area contributed by atoms with Gasteiger partial charge in [-0.15, -0.1) is 0 Å². The standard InChI is InChI=1S/C10H9ClF3NO2/c11-6-2-1-5(3-7(6)12)10(17)15-4-8(16)9(13)14/h1-3,8-9,16H,4H2,(H,15,17). The van der Waals surface area contributed by atoms with E-state index in [1.54, 1.807) is 0 Å². The highest BCUT2D eigenvalue weighted by Gasteiger charge is 2.18. The summed E-state index contributed by atoms with van der Waals surface area (Å²) in [6.07, 6.45) is -4.90. The second kappa shape index (κ2) is 5.88. The SMILES string of the molecule is O=C(NCC(O)C(F)F)c1ccc(Cl)c(F)c1. The molecule has 0 spiro atoms. The third-order valence-electron chi connectivity index (χ3n) is 1.94. The van der Waals surface area contributed by atoms with Crippen molar-refractivity contribution in [2.75, 3.05) is 6.54 Å². The number of carbonyl (C=O) groups is 1. The number of halogens is 4. The number of amides is 1. The van der Waals surface area contributed by atoms with Crippen LogP contribution < -0.4 is 5.32 Å². The Bertz CT molecular complexity index is 415. The Hall–Kier alpha value is -1.27. The van der Waals surface area contributed by atoms with E-state index in [2.05, 4.69) is 0 Å². The van der Waals surface area contributed by atoms with Gasteiger partial charge in [0.15, 0.2) is 0 Å². The number of hydrogen-bond donors (Lipinski definition) is 2. The van der Waals surface area contributed by atoms with Crippen LogP contribution in [0.3, 0.4) is 0 Å². The van der Waals surface area contributed by atoms with Crippen molar-refractivity contribution in [3.8, 4) is 0 Å². The highest BCUT2D eigenvalue weighted by atomic mass is 35.5. The molecule has 1 atom stereocenters. The van der Waals surface area contributed by atoms with Gasteiger partial charge in [0.05, 0.1) is 5.02 Å². The van der Waals surface area contributed by atoms with Gasteiger partial charge < -0.3 is 10.4 Å². The summed E-state index contributed by atoms with van der Waals surface area (Å²) in [5.74, 6) is -1.55. The molecule has 0 aliphatic rings. The van der Waals surface area contributed by atoms with Gasteiger partial charge in [0, 0.05) is 12.1 Å². The lowest BCUT2D eigenvalue weighted by molar-refractivity contribution is -0.00270. The molecule has 0 heterocycles. The molecule has 3 nitrogen and oxygen atoms in total. The number of benzene rings is 1. The summed E-state index contributed by atoms with van der Waals surface area (Å²) in [7, 11) is 0. The number of nitrogens with one attached hydrogen (secondary N) is 1. The molecular weight excluding hydrogens is 259 g/mol. The molecule has 0 aliphatic carbocycles. The van der Waals surface area contributed by atoms with Crippen LogP contribution in [0.4, 0.5) is 13.2 Å². The Morgan fingerprint density at radius 1 is 1.47 bits per heavy atom. The van der Waals surface area contributed by atoms with Crippen molar-refractivity contribution >= 4 is 17.5 Å². The molecule has 1 aromatic carbocycles. The minimum absolute atomic E-state index is 0.0617. The summed E-state index contributed by atoms with van der Waals surface area (Å²) in [4.78, 5) is 11.4. The topological polar surface area (TPSA) is 49.3 Å². The van der Waals surface area contributed by atoms with E-state index in [0.717, 1.165) is 6.07 Å². The Kier molecular flexibility index (Phi) is 4.77. The van der Waals surface area contributed by atoms with Gasteiger partial charge in [-0.05, 0) is 18.2 Å². The van der Waals surface area contributed by atoms with E-state index in [-0.39, 0.29) is 10.6 Å². The second-order valence-corrected chi connectivity index (χ2v) is 3.65. The van der Waals surface area contributed by atoms with Crippen molar-refractivity contribution in [2.24, 2.45) is 0 Å². The zero-order chi connectivity index (χ0) is 13.0. The highest BCUT2D eigenvalue weighted by Crippen LogP contribution is 2.15. The molecule has 94 valence electrons. The van der Waals surface area contributed by atoms with Crippen LogP contribution >= 0.6 is 11.6 Å². The van der Waals surface area contributed by atoms with Gasteiger partial charge in [-0.2, -0.15) is 0 Å². The maximum absolute atomic E-state index is 13.0. The summed E-state index contributed by atoms with van der Waals surface area (Å²) >= 11 is 5.41. The molecule has 1 amide bonds. The van der Waals surface area contributed by atoms with Crippen molar-refractivity contribution < 1.29 is 23.1 Å². The number of aliphatic hydroxyl groups excluding tert-OH is 1. The van der Waals surface area contributed by atoms with Crippen molar-refractivity contribution in [1.29, 1.82) is 0 Å². The van der Waals surface area contributed by atoms with Crippen LogP contribution in [0.25, 0.3) is 0 Å². The first kappa shape index (κ1) is 13.8. The van der Waals surface area contributed by atoms with Crippen LogP contribution in [0.15, 0.2) is 18.2 Å². The minimum Gasteiger partial charge on any atom is -0.385 e. The van der Waals surface area contributed by atoms with Gasteiger partial charge in [-0.25, -0.2) is 13.2 Å². The molecule has 0 saturated heterocycles. The fourth-order valence-corrected chi connectivity index (χ4v) is 1.14. The number of hydrogen-bond acceptors (Lipinski definition) is 2. The summed E-state index contributed by atoms with van der Waals surface area (Å²) < 4.78 is 36.8. The lowest BCUT2D eigenvalue weighted by Gasteiger charge is -2.10. The predicted octanol–water partition coefficient (Wildman–Crippen LogP) is 1.83. The van der Waals surface area contributed by atoms with E-state index < -0.39 is 30.8 Å². The Balaban J connectivity index is 2.61. The molecule has 7 heteroatoms. The lowest BCUT2D eigenvalue weighted by Crippen LogP contribution is -2.35. The molecule has 0 saturated carbocycles. The molecule has 0 fully saturated rings. The molecule has 17 heavy (non-hydrogen) atoms. The van der Waals surface area contributed by atoms with Crippen LogP contribution in [0.2, 0.25) is 5.02 Å². The maximum atomic E-state index is 13.0. The smallest absolute Gasteiger partial charge is 0.265 e. The van der Waals surface area contributed by atoms with Crippen LogP contribution in [-0.4, -0.2) is 30.1 Å². The van der Waals surface area contributed by atoms with Gasteiger partial charge in [0.1, 0.15) is 11.9 Å². The monoisotopic (exact) mass is 267 g/mol. The fraction of sp³-hybridized carbons (Fsp3) is 0.300. The average molecular weight is 268 g/mol. The first-order chi connectivity index (χ1) is 7.91. The van der Waals surface area contributed by atoms with Crippen molar-refractivity contribution in [3.63, 3.8) is 0 Å². The van der Waals surface area contributed by atoms with Gasteiger partial charge in [0.2, 0.25) is 0 Å². The van der Waals surface area contributed by atoms with Crippen LogP contribution in [0.1, 0.15) is 10.4 Å². The third kappa shape index (κ3) is 3.90. The molecule has 0 bridgehead atoms. The predicted molar refractivity (Wildman–Crippen MR) is 55.8 cm³/mol. The van der Waals surface area contributed by atoms with E-state index in [1.165, 1.54) is 12.1 Å².